The summed E-state index contributed by atoms with van der Waals surface area (Å²) < 4.78 is 0. The summed E-state index contributed by atoms with van der Waals surface area (Å²) in [5.74, 6) is -1.68. The van der Waals surface area contributed by atoms with Gasteiger partial charge in [-0.3, -0.25) is 9.59 Å². The second-order valence-corrected chi connectivity index (χ2v) is 4.38. The molecule has 0 aliphatic heterocycles. The van der Waals surface area contributed by atoms with Gasteiger partial charge in [0.1, 0.15) is 5.54 Å². The van der Waals surface area contributed by atoms with E-state index in [1.807, 2.05) is 0 Å². The van der Waals surface area contributed by atoms with Gasteiger partial charge in [0.05, 0.1) is 6.54 Å². The molecule has 0 aromatic rings. The van der Waals surface area contributed by atoms with Crippen LogP contribution >= 0.6 is 0 Å². The Kier molecular flexibility index (Phi) is 5.12. The number of nitrogens with zero attached hydrogens (tertiary/aromatic N) is 2. The van der Waals surface area contributed by atoms with Crippen molar-refractivity contribution in [3.63, 3.8) is 0 Å². The number of carboxylic acid groups (broad SMARTS) is 1. The second-order valence-electron chi connectivity index (χ2n) is 4.38. The van der Waals surface area contributed by atoms with Gasteiger partial charge in [0.15, 0.2) is 0 Å². The van der Waals surface area contributed by atoms with Crippen LogP contribution in [0.15, 0.2) is 0 Å². The third-order valence-corrected chi connectivity index (χ3v) is 2.73. The Morgan fingerprint density at radius 2 is 1.71 bits per heavy atom. The van der Waals surface area contributed by atoms with E-state index >= 15 is 0 Å². The number of carbonyl (C=O) groups is 3. The van der Waals surface area contributed by atoms with Gasteiger partial charge in [-0.1, -0.05) is 0 Å². The second kappa shape index (κ2) is 5.65. The largest absolute Gasteiger partial charge is 0.480 e. The summed E-state index contributed by atoms with van der Waals surface area (Å²) in [7, 11) is 1.50. The van der Waals surface area contributed by atoms with Crippen molar-refractivity contribution in [2.45, 2.75) is 33.2 Å². The lowest BCUT2D eigenvalue weighted by atomic mass is 10.0. The van der Waals surface area contributed by atoms with Gasteiger partial charge in [-0.2, -0.15) is 0 Å². The van der Waals surface area contributed by atoms with Crippen LogP contribution in [0.2, 0.25) is 0 Å². The minimum atomic E-state index is -1.27. The van der Waals surface area contributed by atoms with Gasteiger partial charge >= 0.3 is 5.97 Å². The molecule has 0 rings (SSSR count). The molecule has 0 saturated carbocycles. The molecule has 0 aromatic carbocycles. The molecule has 0 aliphatic carbocycles. The van der Waals surface area contributed by atoms with E-state index in [1.165, 1.54) is 37.6 Å². The SMILES string of the molecule is CCN(C(=O)CN(C)C(C)=O)C(C)(C)C(=O)O. The fraction of sp³-hybridized carbons (Fsp3) is 0.727. The summed E-state index contributed by atoms with van der Waals surface area (Å²) in [6.45, 7) is 6.15. The highest BCUT2D eigenvalue weighted by molar-refractivity contribution is 5.89. The Morgan fingerprint density at radius 3 is 2.00 bits per heavy atom. The van der Waals surface area contributed by atoms with E-state index in [-0.39, 0.29) is 24.9 Å². The number of hydrogen-bond donors (Lipinski definition) is 1. The summed E-state index contributed by atoms with van der Waals surface area (Å²) in [5, 5.41) is 9.06. The molecule has 0 aliphatic rings. The van der Waals surface area contributed by atoms with Crippen molar-refractivity contribution in [1.82, 2.24) is 9.80 Å². The fourth-order valence-electron chi connectivity index (χ4n) is 1.40. The average molecular weight is 244 g/mol. The standard InChI is InChI=1S/C11H20N2O4/c1-6-13(11(3,4)10(16)17)9(15)7-12(5)8(2)14/h6-7H2,1-5H3,(H,16,17). The zero-order valence-electron chi connectivity index (χ0n) is 11.0. The highest BCUT2D eigenvalue weighted by Crippen LogP contribution is 2.15. The van der Waals surface area contributed by atoms with Gasteiger partial charge in [0, 0.05) is 20.5 Å². The predicted octanol–water partition coefficient (Wildman–Crippen LogP) is 0.176. The average Bonchev–Trinajstić information content (AvgIpc) is 2.17. The van der Waals surface area contributed by atoms with Crippen LogP contribution in [0.25, 0.3) is 0 Å². The quantitative estimate of drug-likeness (QED) is 0.748. The third kappa shape index (κ3) is 3.72. The molecular weight excluding hydrogens is 224 g/mol. The molecule has 0 unspecified atom stereocenters. The first-order valence-electron chi connectivity index (χ1n) is 5.40. The van der Waals surface area contributed by atoms with E-state index in [0.29, 0.717) is 0 Å². The zero-order chi connectivity index (χ0) is 13.8. The molecule has 0 aromatic heterocycles. The molecule has 0 heterocycles. The molecule has 0 fully saturated rings. The van der Waals surface area contributed by atoms with E-state index in [1.54, 1.807) is 6.92 Å². The van der Waals surface area contributed by atoms with Gasteiger partial charge in [-0.25, -0.2) is 4.79 Å². The normalized spacial score (nSPS) is 10.9. The van der Waals surface area contributed by atoms with Crippen molar-refractivity contribution in [3.05, 3.63) is 0 Å². The van der Waals surface area contributed by atoms with Crippen molar-refractivity contribution < 1.29 is 19.5 Å². The van der Waals surface area contributed by atoms with Crippen LogP contribution < -0.4 is 0 Å². The van der Waals surface area contributed by atoms with E-state index in [0.717, 1.165) is 0 Å². The highest BCUT2D eigenvalue weighted by Gasteiger charge is 2.37. The maximum absolute atomic E-state index is 11.9. The summed E-state index contributed by atoms with van der Waals surface area (Å²) in [4.78, 5) is 36.5. The maximum Gasteiger partial charge on any atom is 0.329 e. The van der Waals surface area contributed by atoms with E-state index in [4.69, 9.17) is 5.11 Å². The third-order valence-electron chi connectivity index (χ3n) is 2.73. The van der Waals surface area contributed by atoms with Gasteiger partial charge in [-0.05, 0) is 20.8 Å². The minimum Gasteiger partial charge on any atom is -0.480 e. The Hall–Kier alpha value is -1.59. The smallest absolute Gasteiger partial charge is 0.329 e. The summed E-state index contributed by atoms with van der Waals surface area (Å²) >= 11 is 0. The zero-order valence-corrected chi connectivity index (χ0v) is 11.0. The number of likely N-dealkylation sites (N-methyl/N-ethyl adjacent to an activating group) is 2. The number of carbonyl (C=O) groups excluding carboxylic acids is 2. The molecule has 0 radical (unpaired) electrons. The van der Waals surface area contributed by atoms with Crippen molar-refractivity contribution in [3.8, 4) is 0 Å². The molecule has 17 heavy (non-hydrogen) atoms. The van der Waals surface area contributed by atoms with Crippen LogP contribution in [0.4, 0.5) is 0 Å². The van der Waals surface area contributed by atoms with Crippen LogP contribution in [0.1, 0.15) is 27.7 Å². The lowest BCUT2D eigenvalue weighted by Gasteiger charge is -2.35. The molecular formula is C11H20N2O4. The van der Waals surface area contributed by atoms with Crippen molar-refractivity contribution in [2.75, 3.05) is 20.1 Å². The first-order valence-corrected chi connectivity index (χ1v) is 5.40. The van der Waals surface area contributed by atoms with Gasteiger partial charge < -0.3 is 14.9 Å². The lowest BCUT2D eigenvalue weighted by molar-refractivity contribution is -0.157. The summed E-state index contributed by atoms with van der Waals surface area (Å²) in [6.07, 6.45) is 0. The monoisotopic (exact) mass is 244 g/mol. The molecule has 0 saturated heterocycles. The van der Waals surface area contributed by atoms with Crippen molar-refractivity contribution in [1.29, 1.82) is 0 Å². The summed E-state index contributed by atoms with van der Waals surface area (Å²) in [6, 6.07) is 0. The predicted molar refractivity (Wildman–Crippen MR) is 62.4 cm³/mol. The topological polar surface area (TPSA) is 77.9 Å². The number of rotatable bonds is 5. The Bertz CT molecular complexity index is 325. The molecule has 6 nitrogen and oxygen atoms in total. The maximum atomic E-state index is 11.9. The Labute approximate surface area is 101 Å². The lowest BCUT2D eigenvalue weighted by Crippen LogP contribution is -2.55. The first-order chi connectivity index (χ1) is 7.64. The van der Waals surface area contributed by atoms with Gasteiger partial charge in [0.25, 0.3) is 0 Å². The van der Waals surface area contributed by atoms with E-state index < -0.39 is 11.5 Å². The van der Waals surface area contributed by atoms with Crippen LogP contribution in [0.3, 0.4) is 0 Å². The Balaban J connectivity index is 4.85. The molecule has 6 heteroatoms. The van der Waals surface area contributed by atoms with Gasteiger partial charge in [0.2, 0.25) is 11.8 Å². The fourth-order valence-corrected chi connectivity index (χ4v) is 1.40. The molecule has 2 amide bonds. The highest BCUT2D eigenvalue weighted by atomic mass is 16.4. The molecule has 0 spiro atoms. The number of hydrogen-bond acceptors (Lipinski definition) is 3. The van der Waals surface area contributed by atoms with Crippen molar-refractivity contribution >= 4 is 17.8 Å². The van der Waals surface area contributed by atoms with Crippen LogP contribution in [0.5, 0.6) is 0 Å². The molecule has 98 valence electrons. The van der Waals surface area contributed by atoms with Crippen LogP contribution in [-0.2, 0) is 14.4 Å². The van der Waals surface area contributed by atoms with E-state index in [2.05, 4.69) is 0 Å². The Morgan fingerprint density at radius 1 is 1.24 bits per heavy atom. The number of aliphatic carboxylic acids is 1. The van der Waals surface area contributed by atoms with Crippen LogP contribution in [0, 0.1) is 0 Å². The van der Waals surface area contributed by atoms with Crippen molar-refractivity contribution in [2.24, 2.45) is 0 Å². The first kappa shape index (κ1) is 15.4. The minimum absolute atomic E-state index is 0.111. The molecule has 0 bridgehead atoms. The molecule has 0 atom stereocenters. The molecule has 1 N–H and O–H groups in total. The summed E-state index contributed by atoms with van der Waals surface area (Å²) in [5.41, 5.74) is -1.27. The number of amides is 2. The van der Waals surface area contributed by atoms with Crippen LogP contribution in [-0.4, -0.2) is 58.4 Å². The van der Waals surface area contributed by atoms with E-state index in [9.17, 15) is 14.4 Å². The number of carboxylic acids is 1. The van der Waals surface area contributed by atoms with Gasteiger partial charge in [-0.15, -0.1) is 0 Å².